The summed E-state index contributed by atoms with van der Waals surface area (Å²) in [6.45, 7) is 0. The van der Waals surface area contributed by atoms with E-state index in [9.17, 15) is 15.2 Å². The Morgan fingerprint density at radius 1 is 1.58 bits per heavy atom. The molecule has 0 fully saturated rings. The molecule has 0 saturated carbocycles. The molecule has 0 spiro atoms. The zero-order valence-electron chi connectivity index (χ0n) is 9.00. The molecule has 0 aliphatic heterocycles. The maximum Gasteiger partial charge on any atom is 0.271 e. The standard InChI is InChI=1S/C8H4BrN7O3/c9-6-2-5(16(18)19)1-4(7(6)17)3-10-11-8-12-14-15-13-8/h1-3H,(H-2,10,11,12,13,14,15,17)/q-2. The number of non-ortho nitro benzene ring substituents is 1. The molecule has 0 aliphatic rings. The molecule has 1 aromatic carbocycles. The van der Waals surface area contributed by atoms with Crippen LogP contribution in [0.1, 0.15) is 5.56 Å². The van der Waals surface area contributed by atoms with Gasteiger partial charge >= 0.3 is 0 Å². The summed E-state index contributed by atoms with van der Waals surface area (Å²) in [5.74, 6) is -0.246. The molecule has 11 heteroatoms. The number of nitro benzene ring substituents is 1. The topological polar surface area (TPSA) is 143 Å². The minimum atomic E-state index is -0.590. The monoisotopic (exact) mass is 325 g/mol. The predicted molar refractivity (Wildman–Crippen MR) is 66.2 cm³/mol. The second kappa shape index (κ2) is 5.39. The molecule has 2 aromatic rings. The quantitative estimate of drug-likeness (QED) is 0.506. The first kappa shape index (κ1) is 12.9. The number of rotatable bonds is 4. The summed E-state index contributed by atoms with van der Waals surface area (Å²) in [6.07, 6.45) is 1.13. The SMILES string of the molecule is O=[N+]([O-])c1cc(Br)c(O)c(/C=N\[N-]c2nnn[n-]2)c1. The number of hydrogen-bond donors (Lipinski definition) is 1. The highest BCUT2D eigenvalue weighted by molar-refractivity contribution is 9.10. The first-order valence-corrected chi connectivity index (χ1v) is 5.47. The Balaban J connectivity index is 2.23. The van der Waals surface area contributed by atoms with Gasteiger partial charge in [0.15, 0.2) is 0 Å². The zero-order chi connectivity index (χ0) is 13.8. The van der Waals surface area contributed by atoms with Crippen molar-refractivity contribution in [3.05, 3.63) is 37.7 Å². The molecule has 0 saturated heterocycles. The molecule has 98 valence electrons. The molecule has 1 N–H and O–H groups in total. The lowest BCUT2D eigenvalue weighted by atomic mass is 10.2. The van der Waals surface area contributed by atoms with E-state index in [2.05, 4.69) is 47.1 Å². The van der Waals surface area contributed by atoms with Gasteiger partial charge in [-0.15, -0.1) is 5.95 Å². The molecule has 1 aromatic heterocycles. The third kappa shape index (κ3) is 3.01. The zero-order valence-corrected chi connectivity index (χ0v) is 10.6. The summed E-state index contributed by atoms with van der Waals surface area (Å²) >= 11 is 3.00. The highest BCUT2D eigenvalue weighted by Crippen LogP contribution is 2.31. The van der Waals surface area contributed by atoms with E-state index >= 15 is 0 Å². The second-order valence-corrected chi connectivity index (χ2v) is 4.00. The number of hydrogen-bond acceptors (Lipinski definition) is 7. The number of phenolic OH excluding ortho intramolecular Hbond substituents is 1. The van der Waals surface area contributed by atoms with Crippen LogP contribution < -0.4 is 5.10 Å². The van der Waals surface area contributed by atoms with Gasteiger partial charge < -0.3 is 25.8 Å². The minimum Gasteiger partial charge on any atom is -0.506 e. The summed E-state index contributed by atoms with van der Waals surface area (Å²) in [4.78, 5) is 10.1. The second-order valence-electron chi connectivity index (χ2n) is 3.15. The van der Waals surface area contributed by atoms with E-state index < -0.39 is 4.92 Å². The Kier molecular flexibility index (Phi) is 3.66. The molecular formula is C8H4BrN7O3-2. The van der Waals surface area contributed by atoms with Gasteiger partial charge in [-0.1, -0.05) is 0 Å². The summed E-state index contributed by atoms with van der Waals surface area (Å²) in [5, 5.41) is 37.1. The molecule has 0 atom stereocenters. The molecule has 0 aliphatic carbocycles. The molecule has 0 radical (unpaired) electrons. The Morgan fingerprint density at radius 2 is 2.37 bits per heavy atom. The number of benzene rings is 1. The number of aromatic hydroxyl groups is 1. The third-order valence-electron chi connectivity index (χ3n) is 1.94. The van der Waals surface area contributed by atoms with Gasteiger partial charge in [-0.3, -0.25) is 10.1 Å². The van der Waals surface area contributed by atoms with Crippen LogP contribution in [-0.2, 0) is 0 Å². The van der Waals surface area contributed by atoms with Gasteiger partial charge in [-0.2, -0.15) is 0 Å². The maximum atomic E-state index is 10.7. The maximum absolute atomic E-state index is 10.7. The van der Waals surface area contributed by atoms with Crippen LogP contribution in [0.25, 0.3) is 5.43 Å². The van der Waals surface area contributed by atoms with Crippen LogP contribution >= 0.6 is 15.9 Å². The Morgan fingerprint density at radius 3 is 3.00 bits per heavy atom. The molecule has 1 heterocycles. The highest BCUT2D eigenvalue weighted by Gasteiger charge is 2.13. The van der Waals surface area contributed by atoms with Crippen LogP contribution in [0.3, 0.4) is 0 Å². The van der Waals surface area contributed by atoms with Crippen molar-refractivity contribution in [3.8, 4) is 5.75 Å². The highest BCUT2D eigenvalue weighted by atomic mass is 79.9. The van der Waals surface area contributed by atoms with Gasteiger partial charge in [-0.05, 0) is 15.9 Å². The predicted octanol–water partition coefficient (Wildman–Crippen LogP) is 1.24. The van der Waals surface area contributed by atoms with Crippen molar-refractivity contribution < 1.29 is 10.0 Å². The third-order valence-corrected chi connectivity index (χ3v) is 2.55. The van der Waals surface area contributed by atoms with Crippen molar-refractivity contribution in [1.29, 1.82) is 0 Å². The van der Waals surface area contributed by atoms with Gasteiger partial charge in [-0.25, -0.2) is 10.4 Å². The van der Waals surface area contributed by atoms with Crippen molar-refractivity contribution in [2.24, 2.45) is 5.10 Å². The van der Waals surface area contributed by atoms with E-state index in [-0.39, 0.29) is 27.4 Å². The van der Waals surface area contributed by atoms with Gasteiger partial charge in [0.1, 0.15) is 5.75 Å². The van der Waals surface area contributed by atoms with Crippen molar-refractivity contribution in [3.63, 3.8) is 0 Å². The molecule has 2 rings (SSSR count). The number of tetrazole rings is 1. The van der Waals surface area contributed by atoms with Crippen molar-refractivity contribution >= 4 is 33.8 Å². The lowest BCUT2D eigenvalue weighted by Gasteiger charge is -2.11. The molecule has 0 bridgehead atoms. The average Bonchev–Trinajstić information content (AvgIpc) is 2.87. The Labute approximate surface area is 113 Å². The van der Waals surface area contributed by atoms with E-state index in [4.69, 9.17) is 0 Å². The Bertz CT molecular complexity index is 628. The van der Waals surface area contributed by atoms with Crippen LogP contribution in [0.2, 0.25) is 0 Å². The molecule has 0 unspecified atom stereocenters. The normalized spacial score (nSPS) is 10.8. The van der Waals surface area contributed by atoms with Gasteiger partial charge in [0.2, 0.25) is 0 Å². The Hall–Kier alpha value is -2.56. The smallest absolute Gasteiger partial charge is 0.271 e. The number of aromatic nitrogens is 4. The average molecular weight is 326 g/mol. The van der Waals surface area contributed by atoms with E-state index in [1.54, 1.807) is 0 Å². The van der Waals surface area contributed by atoms with Crippen LogP contribution in [0.4, 0.5) is 11.6 Å². The minimum absolute atomic E-state index is 0.0553. The van der Waals surface area contributed by atoms with Crippen LogP contribution in [0.15, 0.2) is 21.7 Å². The van der Waals surface area contributed by atoms with Gasteiger partial charge in [0, 0.05) is 23.9 Å². The summed E-state index contributed by atoms with van der Waals surface area (Å²) < 4.78 is 0.177. The lowest BCUT2D eigenvalue weighted by molar-refractivity contribution is -0.385. The fourth-order valence-electron chi connectivity index (χ4n) is 1.13. The van der Waals surface area contributed by atoms with Crippen molar-refractivity contribution in [2.45, 2.75) is 0 Å². The first-order valence-electron chi connectivity index (χ1n) is 4.67. The van der Waals surface area contributed by atoms with Crippen molar-refractivity contribution in [2.75, 3.05) is 0 Å². The first-order chi connectivity index (χ1) is 9.08. The number of nitrogens with zero attached hydrogens (tertiary/aromatic N) is 7. The number of nitro groups is 1. The summed E-state index contributed by atoms with van der Waals surface area (Å²) in [6, 6.07) is 2.33. The molecule has 19 heavy (non-hydrogen) atoms. The largest absolute Gasteiger partial charge is 0.506 e. The molecular weight excluding hydrogens is 322 g/mol. The number of phenols is 1. The van der Waals surface area contributed by atoms with Gasteiger partial charge in [0.05, 0.1) is 9.40 Å². The van der Waals surface area contributed by atoms with Crippen LogP contribution in [-0.4, -0.2) is 31.8 Å². The molecule has 0 amide bonds. The van der Waals surface area contributed by atoms with Crippen molar-refractivity contribution in [1.82, 2.24) is 20.6 Å². The number of halogens is 1. The summed E-state index contributed by atoms with van der Waals surface area (Å²) in [5.41, 5.74) is 3.46. The van der Waals surface area contributed by atoms with Gasteiger partial charge in [0.25, 0.3) is 5.69 Å². The van der Waals surface area contributed by atoms with E-state index in [0.29, 0.717) is 0 Å². The summed E-state index contributed by atoms with van der Waals surface area (Å²) in [7, 11) is 0. The fourth-order valence-corrected chi connectivity index (χ4v) is 1.60. The van der Waals surface area contributed by atoms with E-state index in [0.717, 1.165) is 12.3 Å². The molecule has 10 nitrogen and oxygen atoms in total. The lowest BCUT2D eigenvalue weighted by Crippen LogP contribution is -1.91. The van der Waals surface area contributed by atoms with Crippen LogP contribution in [0.5, 0.6) is 5.75 Å². The van der Waals surface area contributed by atoms with E-state index in [1.807, 2.05) is 0 Å². The van der Waals surface area contributed by atoms with E-state index in [1.165, 1.54) is 6.07 Å². The van der Waals surface area contributed by atoms with Crippen LogP contribution in [0, 0.1) is 10.1 Å². The fraction of sp³-hybridized carbons (Fsp3) is 0.